The fraction of sp³-hybridized carbons (Fsp3) is 1.00. The van der Waals surface area contributed by atoms with Gasteiger partial charge in [-0.1, -0.05) is 0 Å². The summed E-state index contributed by atoms with van der Waals surface area (Å²) in [7, 11) is 0. The minimum atomic E-state index is -0.951. The summed E-state index contributed by atoms with van der Waals surface area (Å²) >= 11 is 0. The van der Waals surface area contributed by atoms with E-state index in [9.17, 15) is 10.2 Å². The highest BCUT2D eigenvalue weighted by Gasteiger charge is 2.30. The molecule has 0 saturated carbocycles. The zero-order valence-electron chi connectivity index (χ0n) is 9.23. The van der Waals surface area contributed by atoms with Gasteiger partial charge >= 0.3 is 0 Å². The van der Waals surface area contributed by atoms with Crippen LogP contribution in [0.15, 0.2) is 0 Å². The molecule has 2 atom stereocenters. The summed E-state index contributed by atoms with van der Waals surface area (Å²) in [6.45, 7) is 5.80. The van der Waals surface area contributed by atoms with Crippen LogP contribution in [-0.4, -0.2) is 46.8 Å². The smallest absolute Gasteiger partial charge is 0.0666 e. The van der Waals surface area contributed by atoms with Crippen molar-refractivity contribution in [1.29, 1.82) is 0 Å². The molecule has 0 aromatic rings. The Hall–Kier alpha value is -0.160. The van der Waals surface area contributed by atoms with E-state index in [0.717, 1.165) is 0 Å². The molecule has 4 nitrogen and oxygen atoms in total. The quantitative estimate of drug-likeness (QED) is 0.519. The van der Waals surface area contributed by atoms with Crippen LogP contribution in [0.25, 0.3) is 0 Å². The van der Waals surface area contributed by atoms with Gasteiger partial charge in [0.1, 0.15) is 0 Å². The monoisotopic (exact) mass is 206 g/mol. The molecule has 0 rings (SSSR count). The van der Waals surface area contributed by atoms with Crippen molar-refractivity contribution in [3.8, 4) is 0 Å². The third-order valence-corrected chi connectivity index (χ3v) is 2.23. The number of aliphatic hydroxyl groups is 3. The summed E-state index contributed by atoms with van der Waals surface area (Å²) in [6, 6.07) is 0. The van der Waals surface area contributed by atoms with Crippen LogP contribution in [0, 0.1) is 5.92 Å². The van der Waals surface area contributed by atoms with E-state index in [0.29, 0.717) is 19.6 Å². The second-order valence-electron chi connectivity index (χ2n) is 4.15. The van der Waals surface area contributed by atoms with E-state index in [1.165, 1.54) is 0 Å². The molecule has 86 valence electrons. The van der Waals surface area contributed by atoms with Crippen LogP contribution in [0.3, 0.4) is 0 Å². The fourth-order valence-corrected chi connectivity index (χ4v) is 1.31. The van der Waals surface area contributed by atoms with Gasteiger partial charge in [-0.05, 0) is 27.2 Å². The zero-order chi connectivity index (χ0) is 11.2. The van der Waals surface area contributed by atoms with E-state index in [-0.39, 0.29) is 12.5 Å². The van der Waals surface area contributed by atoms with Gasteiger partial charge in [-0.3, -0.25) is 0 Å². The topological polar surface area (TPSA) is 69.9 Å². The molecule has 0 bridgehead atoms. The molecule has 3 N–H and O–H groups in total. The van der Waals surface area contributed by atoms with Crippen molar-refractivity contribution in [3.63, 3.8) is 0 Å². The lowest BCUT2D eigenvalue weighted by molar-refractivity contribution is -0.0781. The Bertz CT molecular complexity index is 140. The van der Waals surface area contributed by atoms with Crippen molar-refractivity contribution in [1.82, 2.24) is 0 Å². The van der Waals surface area contributed by atoms with Gasteiger partial charge in [0.2, 0.25) is 0 Å². The number of rotatable bonds is 7. The number of aliphatic hydroxyl groups excluding tert-OH is 2. The Kier molecular flexibility index (Phi) is 6.27. The maximum atomic E-state index is 9.71. The van der Waals surface area contributed by atoms with Crippen LogP contribution in [-0.2, 0) is 4.74 Å². The summed E-state index contributed by atoms with van der Waals surface area (Å²) in [5, 5.41) is 27.7. The summed E-state index contributed by atoms with van der Waals surface area (Å²) in [4.78, 5) is 0. The van der Waals surface area contributed by atoms with Crippen molar-refractivity contribution in [2.45, 2.75) is 38.9 Å². The summed E-state index contributed by atoms with van der Waals surface area (Å²) in [6.07, 6.45) is -0.0256. The predicted octanol–water partition coefficient (Wildman–Crippen LogP) is 0.153. The standard InChI is InChI=1S/C10H22O4/c1-8(12)9(10(2,3)13)7-14-6-4-5-11/h8-9,11-13H,4-7H2,1-3H3. The SMILES string of the molecule is CC(O)C(COCCCO)C(C)(C)O. The summed E-state index contributed by atoms with van der Waals surface area (Å²) in [5.74, 6) is -0.304. The Morgan fingerprint density at radius 1 is 1.36 bits per heavy atom. The molecule has 0 aliphatic heterocycles. The van der Waals surface area contributed by atoms with E-state index in [2.05, 4.69) is 0 Å². The third-order valence-electron chi connectivity index (χ3n) is 2.23. The van der Waals surface area contributed by atoms with Gasteiger partial charge in [0, 0.05) is 19.1 Å². The molecule has 0 fully saturated rings. The molecule has 14 heavy (non-hydrogen) atoms. The molecule has 0 amide bonds. The highest BCUT2D eigenvalue weighted by molar-refractivity contribution is 4.80. The summed E-state index contributed by atoms with van der Waals surface area (Å²) in [5.41, 5.74) is -0.951. The van der Waals surface area contributed by atoms with Gasteiger partial charge in [-0.15, -0.1) is 0 Å². The first kappa shape index (κ1) is 13.8. The van der Waals surface area contributed by atoms with Gasteiger partial charge in [-0.25, -0.2) is 0 Å². The lowest BCUT2D eigenvalue weighted by Crippen LogP contribution is -2.41. The average molecular weight is 206 g/mol. The van der Waals surface area contributed by atoms with E-state index < -0.39 is 11.7 Å². The van der Waals surface area contributed by atoms with E-state index in [1.54, 1.807) is 20.8 Å². The fourth-order valence-electron chi connectivity index (χ4n) is 1.31. The van der Waals surface area contributed by atoms with Crippen LogP contribution < -0.4 is 0 Å². The molecule has 0 saturated heterocycles. The minimum absolute atomic E-state index is 0.0991. The minimum Gasteiger partial charge on any atom is -0.396 e. The molecule has 0 aromatic heterocycles. The molecule has 0 heterocycles. The van der Waals surface area contributed by atoms with E-state index >= 15 is 0 Å². The van der Waals surface area contributed by atoms with Crippen LogP contribution in [0.1, 0.15) is 27.2 Å². The average Bonchev–Trinajstić information content (AvgIpc) is 2.01. The first-order chi connectivity index (χ1) is 6.39. The van der Waals surface area contributed by atoms with Gasteiger partial charge in [-0.2, -0.15) is 0 Å². The maximum absolute atomic E-state index is 9.71. The molecular weight excluding hydrogens is 184 g/mol. The highest BCUT2D eigenvalue weighted by atomic mass is 16.5. The largest absolute Gasteiger partial charge is 0.396 e. The predicted molar refractivity (Wildman–Crippen MR) is 54.0 cm³/mol. The van der Waals surface area contributed by atoms with Crippen molar-refractivity contribution >= 4 is 0 Å². The Morgan fingerprint density at radius 2 is 1.93 bits per heavy atom. The van der Waals surface area contributed by atoms with Crippen molar-refractivity contribution in [2.24, 2.45) is 5.92 Å². The van der Waals surface area contributed by atoms with Crippen molar-refractivity contribution < 1.29 is 20.1 Å². The van der Waals surface area contributed by atoms with Gasteiger partial charge in [0.05, 0.1) is 18.3 Å². The van der Waals surface area contributed by atoms with E-state index in [1.807, 2.05) is 0 Å². The normalized spacial score (nSPS) is 16.7. The Labute approximate surface area is 85.5 Å². The van der Waals surface area contributed by atoms with Gasteiger partial charge in [0.15, 0.2) is 0 Å². The molecule has 0 spiro atoms. The molecule has 4 heteroatoms. The lowest BCUT2D eigenvalue weighted by Gasteiger charge is -2.31. The number of ether oxygens (including phenoxy) is 1. The third kappa shape index (κ3) is 5.54. The molecule has 0 aromatic carbocycles. The Balaban J connectivity index is 3.87. The van der Waals surface area contributed by atoms with Gasteiger partial charge < -0.3 is 20.1 Å². The first-order valence-corrected chi connectivity index (χ1v) is 4.98. The summed E-state index contributed by atoms with van der Waals surface area (Å²) < 4.78 is 5.24. The zero-order valence-corrected chi connectivity index (χ0v) is 9.23. The second kappa shape index (κ2) is 6.35. The van der Waals surface area contributed by atoms with Crippen molar-refractivity contribution in [2.75, 3.05) is 19.8 Å². The van der Waals surface area contributed by atoms with Crippen LogP contribution in [0.5, 0.6) is 0 Å². The van der Waals surface area contributed by atoms with Crippen molar-refractivity contribution in [3.05, 3.63) is 0 Å². The molecule has 2 unspecified atom stereocenters. The number of hydrogen-bond donors (Lipinski definition) is 3. The lowest BCUT2D eigenvalue weighted by atomic mass is 9.87. The van der Waals surface area contributed by atoms with Crippen LogP contribution in [0.2, 0.25) is 0 Å². The molecular formula is C10H22O4. The number of hydrogen-bond acceptors (Lipinski definition) is 4. The van der Waals surface area contributed by atoms with Crippen LogP contribution in [0.4, 0.5) is 0 Å². The highest BCUT2D eigenvalue weighted by Crippen LogP contribution is 2.20. The molecule has 0 radical (unpaired) electrons. The van der Waals surface area contributed by atoms with Crippen LogP contribution >= 0.6 is 0 Å². The molecule has 0 aliphatic rings. The second-order valence-corrected chi connectivity index (χ2v) is 4.15. The maximum Gasteiger partial charge on any atom is 0.0666 e. The first-order valence-electron chi connectivity index (χ1n) is 4.98. The van der Waals surface area contributed by atoms with E-state index in [4.69, 9.17) is 9.84 Å². The van der Waals surface area contributed by atoms with Gasteiger partial charge in [0.25, 0.3) is 0 Å². The molecule has 0 aliphatic carbocycles. The Morgan fingerprint density at radius 3 is 2.29 bits per heavy atom.